The lowest BCUT2D eigenvalue weighted by Gasteiger charge is -2.11. The summed E-state index contributed by atoms with van der Waals surface area (Å²) in [4.78, 5) is 28.6. The summed E-state index contributed by atoms with van der Waals surface area (Å²) in [6.45, 7) is 3.53. The predicted octanol–water partition coefficient (Wildman–Crippen LogP) is 5.62. The van der Waals surface area contributed by atoms with Crippen molar-refractivity contribution in [2.75, 3.05) is 11.9 Å². The zero-order valence-corrected chi connectivity index (χ0v) is 20.1. The first-order valence-corrected chi connectivity index (χ1v) is 11.0. The molecule has 2 heterocycles. The fourth-order valence-electron chi connectivity index (χ4n) is 3.19. The standard InChI is InChI=1S/C22H16Cl3N5O4/c1-3-33-21(32)19-26-22(34-29-19)27-20(31)17-11(2)18(12-4-6-13(23)7-5-12)30(28-17)16-9-8-14(24)10-15(16)25/h4-10H,3H2,1-2H3,(H,26,27,29,31). The molecule has 1 amide bonds. The van der Waals surface area contributed by atoms with Gasteiger partial charge in [0, 0.05) is 21.2 Å². The number of hydrogen-bond acceptors (Lipinski definition) is 7. The Morgan fingerprint density at radius 3 is 2.47 bits per heavy atom. The number of carbonyl (C=O) groups is 2. The highest BCUT2D eigenvalue weighted by Crippen LogP contribution is 2.33. The number of amides is 1. The van der Waals surface area contributed by atoms with Crippen LogP contribution in [0.5, 0.6) is 0 Å². The molecular weight excluding hydrogens is 505 g/mol. The van der Waals surface area contributed by atoms with E-state index in [2.05, 4.69) is 20.6 Å². The number of hydrogen-bond donors (Lipinski definition) is 1. The number of benzene rings is 2. The first kappa shape index (κ1) is 23.7. The van der Waals surface area contributed by atoms with Gasteiger partial charge in [0.2, 0.25) is 0 Å². The Morgan fingerprint density at radius 2 is 1.79 bits per heavy atom. The number of carbonyl (C=O) groups excluding carboxylic acids is 2. The SMILES string of the molecule is CCOC(=O)c1noc(NC(=O)c2nn(-c3ccc(Cl)cc3Cl)c(-c3ccc(Cl)cc3)c2C)n1. The van der Waals surface area contributed by atoms with Crippen LogP contribution in [0.25, 0.3) is 16.9 Å². The third-order valence-corrected chi connectivity index (χ3v) is 5.49. The molecule has 0 aliphatic heterocycles. The van der Waals surface area contributed by atoms with Crippen LogP contribution in [-0.2, 0) is 4.74 Å². The van der Waals surface area contributed by atoms with Gasteiger partial charge in [-0.05, 0) is 49.3 Å². The van der Waals surface area contributed by atoms with Crippen LogP contribution in [0.3, 0.4) is 0 Å². The largest absolute Gasteiger partial charge is 0.460 e. The Balaban J connectivity index is 1.75. The zero-order chi connectivity index (χ0) is 24.4. The summed E-state index contributed by atoms with van der Waals surface area (Å²) in [7, 11) is 0. The lowest BCUT2D eigenvalue weighted by molar-refractivity contribution is 0.0508. The van der Waals surface area contributed by atoms with Crippen LogP contribution in [0.15, 0.2) is 47.0 Å². The molecule has 1 N–H and O–H groups in total. The molecule has 4 rings (SSSR count). The third-order valence-electron chi connectivity index (χ3n) is 4.70. The molecule has 12 heteroatoms. The lowest BCUT2D eigenvalue weighted by atomic mass is 10.1. The van der Waals surface area contributed by atoms with E-state index in [1.807, 2.05) is 0 Å². The number of ether oxygens (including phenoxy) is 1. The highest BCUT2D eigenvalue weighted by atomic mass is 35.5. The van der Waals surface area contributed by atoms with Crippen LogP contribution in [0, 0.1) is 6.92 Å². The maximum Gasteiger partial charge on any atom is 0.380 e. The summed E-state index contributed by atoms with van der Waals surface area (Å²) in [5.74, 6) is -1.71. The number of nitrogens with zero attached hydrogens (tertiary/aromatic N) is 4. The van der Waals surface area contributed by atoms with E-state index in [1.54, 1.807) is 61.0 Å². The molecule has 0 unspecified atom stereocenters. The second-order valence-electron chi connectivity index (χ2n) is 6.93. The maximum atomic E-state index is 13.1. The molecule has 0 radical (unpaired) electrons. The summed E-state index contributed by atoms with van der Waals surface area (Å²) >= 11 is 18.5. The van der Waals surface area contributed by atoms with Gasteiger partial charge < -0.3 is 9.26 Å². The summed E-state index contributed by atoms with van der Waals surface area (Å²) < 4.78 is 11.3. The fraction of sp³-hybridized carbons (Fsp3) is 0.136. The van der Waals surface area contributed by atoms with Crippen molar-refractivity contribution >= 4 is 52.7 Å². The molecule has 2 aromatic carbocycles. The lowest BCUT2D eigenvalue weighted by Crippen LogP contribution is -2.15. The van der Waals surface area contributed by atoms with Crippen LogP contribution >= 0.6 is 34.8 Å². The minimum absolute atomic E-state index is 0.0758. The van der Waals surface area contributed by atoms with Gasteiger partial charge in [0.05, 0.1) is 23.0 Å². The van der Waals surface area contributed by atoms with Gasteiger partial charge in [-0.1, -0.05) is 46.9 Å². The Morgan fingerprint density at radius 1 is 1.09 bits per heavy atom. The molecule has 34 heavy (non-hydrogen) atoms. The minimum atomic E-state index is -0.769. The highest BCUT2D eigenvalue weighted by molar-refractivity contribution is 6.35. The predicted molar refractivity (Wildman–Crippen MR) is 127 cm³/mol. The Hall–Kier alpha value is -3.40. The van der Waals surface area contributed by atoms with Crippen LogP contribution < -0.4 is 5.32 Å². The molecule has 9 nitrogen and oxygen atoms in total. The smallest absolute Gasteiger partial charge is 0.380 e. The molecule has 0 saturated carbocycles. The van der Waals surface area contributed by atoms with Gasteiger partial charge in [0.15, 0.2) is 5.69 Å². The quantitative estimate of drug-likeness (QED) is 0.328. The minimum Gasteiger partial charge on any atom is -0.460 e. The Bertz CT molecular complexity index is 1380. The summed E-state index contributed by atoms with van der Waals surface area (Å²) in [6, 6.07) is 11.7. The van der Waals surface area contributed by atoms with Gasteiger partial charge >= 0.3 is 12.0 Å². The average Bonchev–Trinajstić information content (AvgIpc) is 3.39. The average molecular weight is 521 g/mol. The van der Waals surface area contributed by atoms with Gasteiger partial charge in [-0.15, -0.1) is 0 Å². The van der Waals surface area contributed by atoms with Crippen LogP contribution in [0.1, 0.15) is 33.6 Å². The molecule has 2 aromatic heterocycles. The summed E-state index contributed by atoms with van der Waals surface area (Å²) in [5.41, 5.74) is 2.51. The number of rotatable bonds is 6. The molecule has 174 valence electrons. The molecular formula is C22H16Cl3N5O4. The fourth-order valence-corrected chi connectivity index (χ4v) is 3.81. The van der Waals surface area contributed by atoms with Crippen LogP contribution in [0.2, 0.25) is 15.1 Å². The van der Waals surface area contributed by atoms with E-state index in [1.165, 1.54) is 0 Å². The van der Waals surface area contributed by atoms with Gasteiger partial charge in [-0.3, -0.25) is 10.1 Å². The Kier molecular flexibility index (Phi) is 6.87. The summed E-state index contributed by atoms with van der Waals surface area (Å²) in [5, 5.41) is 11.8. The first-order valence-electron chi connectivity index (χ1n) is 9.91. The van der Waals surface area contributed by atoms with E-state index in [0.717, 1.165) is 5.56 Å². The van der Waals surface area contributed by atoms with Gasteiger partial charge in [0.1, 0.15) is 0 Å². The number of aromatic nitrogens is 4. The topological polar surface area (TPSA) is 112 Å². The van der Waals surface area contributed by atoms with E-state index in [9.17, 15) is 9.59 Å². The molecule has 0 aliphatic rings. The molecule has 0 aliphatic carbocycles. The zero-order valence-electron chi connectivity index (χ0n) is 17.8. The second-order valence-corrected chi connectivity index (χ2v) is 8.21. The van der Waals surface area contributed by atoms with Crippen molar-refractivity contribution in [2.45, 2.75) is 13.8 Å². The van der Waals surface area contributed by atoms with Crippen molar-refractivity contribution < 1.29 is 18.8 Å². The Labute approximate surface area is 208 Å². The number of esters is 1. The molecule has 0 fully saturated rings. The van der Waals surface area contributed by atoms with E-state index in [4.69, 9.17) is 44.1 Å². The third kappa shape index (κ3) is 4.77. The number of halogens is 3. The van der Waals surface area contributed by atoms with Gasteiger partial charge in [-0.2, -0.15) is 10.1 Å². The van der Waals surface area contributed by atoms with E-state index in [0.29, 0.717) is 32.0 Å². The molecule has 0 bridgehead atoms. The van der Waals surface area contributed by atoms with E-state index >= 15 is 0 Å². The monoisotopic (exact) mass is 519 g/mol. The van der Waals surface area contributed by atoms with Crippen molar-refractivity contribution in [3.63, 3.8) is 0 Å². The van der Waals surface area contributed by atoms with Crippen molar-refractivity contribution in [1.29, 1.82) is 0 Å². The van der Waals surface area contributed by atoms with Gasteiger partial charge in [0.25, 0.3) is 11.7 Å². The number of anilines is 1. The molecule has 0 spiro atoms. The molecule has 4 aromatic rings. The molecule has 0 atom stereocenters. The molecule has 0 saturated heterocycles. The van der Waals surface area contributed by atoms with Crippen molar-refractivity contribution in [1.82, 2.24) is 19.9 Å². The summed E-state index contributed by atoms with van der Waals surface area (Å²) in [6.07, 6.45) is 0. The highest BCUT2D eigenvalue weighted by Gasteiger charge is 2.25. The maximum absolute atomic E-state index is 13.1. The van der Waals surface area contributed by atoms with E-state index in [-0.39, 0.29) is 24.1 Å². The van der Waals surface area contributed by atoms with E-state index < -0.39 is 11.9 Å². The second kappa shape index (κ2) is 9.84. The van der Waals surface area contributed by atoms with Crippen molar-refractivity contribution in [3.05, 3.63) is 74.6 Å². The van der Waals surface area contributed by atoms with Gasteiger partial charge in [-0.25, -0.2) is 9.48 Å². The van der Waals surface area contributed by atoms with Crippen molar-refractivity contribution in [3.8, 4) is 16.9 Å². The van der Waals surface area contributed by atoms with Crippen LogP contribution in [-0.4, -0.2) is 38.4 Å². The number of nitrogens with one attached hydrogen (secondary N) is 1. The van der Waals surface area contributed by atoms with Crippen molar-refractivity contribution in [2.24, 2.45) is 0 Å². The normalized spacial score (nSPS) is 10.9. The van der Waals surface area contributed by atoms with Crippen LogP contribution in [0.4, 0.5) is 6.01 Å². The first-order chi connectivity index (χ1) is 16.3.